The van der Waals surface area contributed by atoms with Crippen molar-refractivity contribution in [3.8, 4) is 12.3 Å². The standard InChI is InChI=1S/C18H21FN2O4/c1-3-4-5-6-15(18(24)25)21-17(23)16(20-12(2)22)11-13-7-9-14(19)10-8-13/h1,7-10,15-16H,4-6,11H2,2H3,(H,20,22)(H,21,23)(H,24,25)/t15-,16+/m1/s1. The summed E-state index contributed by atoms with van der Waals surface area (Å²) >= 11 is 0. The number of rotatable bonds is 9. The van der Waals surface area contributed by atoms with Gasteiger partial charge in [0, 0.05) is 19.8 Å². The highest BCUT2D eigenvalue weighted by Gasteiger charge is 2.25. The molecular weight excluding hydrogens is 327 g/mol. The molecule has 0 fully saturated rings. The first-order chi connectivity index (χ1) is 11.8. The summed E-state index contributed by atoms with van der Waals surface area (Å²) in [6.45, 7) is 1.26. The first kappa shape index (κ1) is 20.2. The maximum Gasteiger partial charge on any atom is 0.326 e. The average molecular weight is 348 g/mol. The van der Waals surface area contributed by atoms with Crippen LogP contribution in [0.3, 0.4) is 0 Å². The van der Waals surface area contributed by atoms with Crippen LogP contribution in [0.2, 0.25) is 0 Å². The normalized spacial score (nSPS) is 12.5. The molecule has 0 aromatic heterocycles. The van der Waals surface area contributed by atoms with Crippen molar-refractivity contribution < 1.29 is 23.9 Å². The summed E-state index contributed by atoms with van der Waals surface area (Å²) in [6.07, 6.45) is 6.30. The molecule has 0 aliphatic carbocycles. The maximum absolute atomic E-state index is 13.0. The van der Waals surface area contributed by atoms with Gasteiger partial charge in [-0.3, -0.25) is 9.59 Å². The maximum atomic E-state index is 13.0. The van der Waals surface area contributed by atoms with Gasteiger partial charge in [-0.1, -0.05) is 12.1 Å². The van der Waals surface area contributed by atoms with Gasteiger partial charge in [0.25, 0.3) is 0 Å². The molecule has 0 bridgehead atoms. The minimum absolute atomic E-state index is 0.113. The van der Waals surface area contributed by atoms with Crippen LogP contribution in [0.15, 0.2) is 24.3 Å². The van der Waals surface area contributed by atoms with Crippen molar-refractivity contribution in [2.45, 2.75) is 44.7 Å². The number of carboxylic acids is 1. The minimum atomic E-state index is -1.17. The Bertz CT molecular complexity index is 652. The molecule has 2 amide bonds. The van der Waals surface area contributed by atoms with Crippen LogP contribution < -0.4 is 10.6 Å². The summed E-state index contributed by atoms with van der Waals surface area (Å²) in [6, 6.07) is 3.44. The molecule has 0 aliphatic rings. The predicted molar refractivity (Wildman–Crippen MR) is 90.0 cm³/mol. The molecule has 0 spiro atoms. The highest BCUT2D eigenvalue weighted by molar-refractivity contribution is 5.90. The largest absolute Gasteiger partial charge is 0.480 e. The quantitative estimate of drug-likeness (QED) is 0.462. The van der Waals surface area contributed by atoms with Crippen molar-refractivity contribution in [3.05, 3.63) is 35.6 Å². The van der Waals surface area contributed by atoms with Gasteiger partial charge in [0.05, 0.1) is 0 Å². The van der Waals surface area contributed by atoms with Crippen molar-refractivity contribution in [3.63, 3.8) is 0 Å². The second-order valence-electron chi connectivity index (χ2n) is 5.58. The van der Waals surface area contributed by atoms with E-state index in [9.17, 15) is 23.9 Å². The van der Waals surface area contributed by atoms with E-state index in [1.807, 2.05) is 0 Å². The minimum Gasteiger partial charge on any atom is -0.480 e. The number of halogens is 1. The number of carbonyl (C=O) groups is 3. The van der Waals surface area contributed by atoms with Crippen LogP contribution in [0.1, 0.15) is 31.7 Å². The van der Waals surface area contributed by atoms with Crippen molar-refractivity contribution in [1.29, 1.82) is 0 Å². The lowest BCUT2D eigenvalue weighted by Crippen LogP contribution is -2.52. The van der Waals surface area contributed by atoms with Crippen LogP contribution in [-0.4, -0.2) is 35.0 Å². The van der Waals surface area contributed by atoms with E-state index in [0.717, 1.165) is 0 Å². The van der Waals surface area contributed by atoms with Crippen LogP contribution in [-0.2, 0) is 20.8 Å². The number of amides is 2. The molecule has 1 aromatic carbocycles. The Balaban J connectivity index is 2.80. The molecule has 134 valence electrons. The Morgan fingerprint density at radius 1 is 1.20 bits per heavy atom. The Morgan fingerprint density at radius 2 is 1.84 bits per heavy atom. The fourth-order valence-electron chi connectivity index (χ4n) is 2.25. The lowest BCUT2D eigenvalue weighted by molar-refractivity contribution is -0.142. The highest BCUT2D eigenvalue weighted by atomic mass is 19.1. The zero-order valence-corrected chi connectivity index (χ0v) is 13.9. The summed E-state index contributed by atoms with van der Waals surface area (Å²) in [5.74, 6) is -0.225. The zero-order chi connectivity index (χ0) is 18.8. The van der Waals surface area contributed by atoms with E-state index in [0.29, 0.717) is 18.4 Å². The Kier molecular flexibility index (Phi) is 8.13. The van der Waals surface area contributed by atoms with Crippen molar-refractivity contribution in [2.75, 3.05) is 0 Å². The van der Waals surface area contributed by atoms with E-state index in [1.165, 1.54) is 31.2 Å². The molecule has 0 unspecified atom stereocenters. The van der Waals surface area contributed by atoms with Crippen LogP contribution in [0.4, 0.5) is 4.39 Å². The molecule has 7 heteroatoms. The number of carbonyl (C=O) groups excluding carboxylic acids is 2. The fourth-order valence-corrected chi connectivity index (χ4v) is 2.25. The Labute approximate surface area is 145 Å². The van der Waals surface area contributed by atoms with Gasteiger partial charge in [-0.2, -0.15) is 0 Å². The molecule has 0 aliphatic heterocycles. The van der Waals surface area contributed by atoms with E-state index in [-0.39, 0.29) is 12.8 Å². The fraction of sp³-hybridized carbons (Fsp3) is 0.389. The first-order valence-corrected chi connectivity index (χ1v) is 7.81. The van der Waals surface area contributed by atoms with Crippen molar-refractivity contribution in [1.82, 2.24) is 10.6 Å². The monoisotopic (exact) mass is 348 g/mol. The van der Waals surface area contributed by atoms with Crippen LogP contribution in [0.25, 0.3) is 0 Å². The Morgan fingerprint density at radius 3 is 2.36 bits per heavy atom. The second kappa shape index (κ2) is 10.1. The molecule has 0 heterocycles. The molecule has 0 saturated carbocycles. The SMILES string of the molecule is C#CCCC[C@@H](NC(=O)[C@H](Cc1ccc(F)cc1)NC(C)=O)C(=O)O. The lowest BCUT2D eigenvalue weighted by Gasteiger charge is -2.21. The molecule has 1 aromatic rings. The van der Waals surface area contributed by atoms with Gasteiger partial charge < -0.3 is 15.7 Å². The molecule has 25 heavy (non-hydrogen) atoms. The van der Waals surface area contributed by atoms with Gasteiger partial charge in [-0.25, -0.2) is 9.18 Å². The van der Waals surface area contributed by atoms with Crippen LogP contribution in [0.5, 0.6) is 0 Å². The summed E-state index contributed by atoms with van der Waals surface area (Å²) in [5.41, 5.74) is 0.634. The number of aliphatic carboxylic acids is 1. The molecular formula is C18H21FN2O4. The van der Waals surface area contributed by atoms with Gasteiger partial charge in [-0.05, 0) is 30.5 Å². The van der Waals surface area contributed by atoms with E-state index in [4.69, 9.17) is 6.42 Å². The van der Waals surface area contributed by atoms with E-state index >= 15 is 0 Å². The molecule has 2 atom stereocenters. The number of unbranched alkanes of at least 4 members (excludes halogenated alkanes) is 1. The molecule has 3 N–H and O–H groups in total. The molecule has 1 rings (SSSR count). The van der Waals surface area contributed by atoms with Gasteiger partial charge >= 0.3 is 5.97 Å². The van der Waals surface area contributed by atoms with Crippen molar-refractivity contribution >= 4 is 17.8 Å². The predicted octanol–water partition coefficient (Wildman–Crippen LogP) is 1.25. The third kappa shape index (κ3) is 7.48. The molecule has 6 nitrogen and oxygen atoms in total. The number of nitrogens with one attached hydrogen (secondary N) is 2. The van der Waals surface area contributed by atoms with Crippen LogP contribution in [0, 0.1) is 18.2 Å². The summed E-state index contributed by atoms with van der Waals surface area (Å²) in [4.78, 5) is 35.0. The van der Waals surface area contributed by atoms with Gasteiger partial charge in [0.2, 0.25) is 11.8 Å². The summed E-state index contributed by atoms with van der Waals surface area (Å²) in [7, 11) is 0. The lowest BCUT2D eigenvalue weighted by atomic mass is 10.0. The van der Waals surface area contributed by atoms with Crippen molar-refractivity contribution in [2.24, 2.45) is 0 Å². The topological polar surface area (TPSA) is 95.5 Å². The molecule has 0 saturated heterocycles. The number of carboxylic acid groups (broad SMARTS) is 1. The zero-order valence-electron chi connectivity index (χ0n) is 13.9. The smallest absolute Gasteiger partial charge is 0.326 e. The summed E-state index contributed by atoms with van der Waals surface area (Å²) in [5, 5.41) is 14.1. The third-order valence-electron chi connectivity index (χ3n) is 3.48. The van der Waals surface area contributed by atoms with Gasteiger partial charge in [0.1, 0.15) is 17.9 Å². The van der Waals surface area contributed by atoms with E-state index in [1.54, 1.807) is 0 Å². The third-order valence-corrected chi connectivity index (χ3v) is 3.48. The van der Waals surface area contributed by atoms with E-state index < -0.39 is 35.7 Å². The number of hydrogen-bond acceptors (Lipinski definition) is 3. The molecule has 0 radical (unpaired) electrons. The summed E-state index contributed by atoms with van der Waals surface area (Å²) < 4.78 is 13.0. The first-order valence-electron chi connectivity index (χ1n) is 7.81. The highest BCUT2D eigenvalue weighted by Crippen LogP contribution is 2.08. The van der Waals surface area contributed by atoms with Gasteiger partial charge in [0.15, 0.2) is 0 Å². The second-order valence-corrected chi connectivity index (χ2v) is 5.58. The van der Waals surface area contributed by atoms with E-state index in [2.05, 4.69) is 16.6 Å². The van der Waals surface area contributed by atoms with Crippen LogP contribution >= 0.6 is 0 Å². The average Bonchev–Trinajstić information content (AvgIpc) is 2.54. The number of benzene rings is 1. The van der Waals surface area contributed by atoms with Gasteiger partial charge in [-0.15, -0.1) is 12.3 Å². The Hall–Kier alpha value is -2.88. The number of hydrogen-bond donors (Lipinski definition) is 3. The number of terminal acetylenes is 1.